The van der Waals surface area contributed by atoms with Gasteiger partial charge in [0.25, 0.3) is 0 Å². The number of hydrogen-bond donors (Lipinski definition) is 1. The highest BCUT2D eigenvalue weighted by Crippen LogP contribution is 2.18. The Hall–Kier alpha value is -1.06. The lowest BCUT2D eigenvalue weighted by Crippen LogP contribution is -2.02. The van der Waals surface area contributed by atoms with Gasteiger partial charge in [-0.1, -0.05) is 11.8 Å². The fourth-order valence-corrected chi connectivity index (χ4v) is 1.25. The van der Waals surface area contributed by atoms with E-state index in [1.807, 2.05) is 6.07 Å². The monoisotopic (exact) mass is 185 g/mol. The van der Waals surface area contributed by atoms with Crippen molar-refractivity contribution in [2.45, 2.75) is 18.1 Å². The minimum Gasteiger partial charge on any atom is -0.393 e. The molecule has 1 unspecified atom stereocenters. The Balaban J connectivity index is 2.58. The standard InChI is InChI=1S/C6H7N3O2S/c1-4(10)3-12-6-5(2-7)8-11-9-6/h4,10H,3H2,1H3. The van der Waals surface area contributed by atoms with Crippen LogP contribution in [0.25, 0.3) is 0 Å². The summed E-state index contributed by atoms with van der Waals surface area (Å²) in [4.78, 5) is 0. The van der Waals surface area contributed by atoms with Crippen LogP contribution in [0.1, 0.15) is 12.6 Å². The first kappa shape index (κ1) is 9.03. The number of aromatic nitrogens is 2. The molecule has 6 heteroatoms. The maximum absolute atomic E-state index is 8.93. The van der Waals surface area contributed by atoms with Gasteiger partial charge in [0, 0.05) is 5.75 Å². The Bertz CT molecular complexity index is 291. The molecule has 0 aliphatic rings. The molecule has 1 heterocycles. The van der Waals surface area contributed by atoms with Crippen LogP contribution in [-0.2, 0) is 0 Å². The molecule has 1 aromatic rings. The van der Waals surface area contributed by atoms with Gasteiger partial charge in [-0.15, -0.1) is 0 Å². The Labute approximate surface area is 73.3 Å². The third-order valence-corrected chi connectivity index (χ3v) is 2.22. The number of nitriles is 1. The van der Waals surface area contributed by atoms with E-state index in [1.54, 1.807) is 6.92 Å². The SMILES string of the molecule is CC(O)CSc1nonc1C#N. The van der Waals surface area contributed by atoms with Crippen LogP contribution in [0.3, 0.4) is 0 Å². The van der Waals surface area contributed by atoms with Crippen LogP contribution in [0.2, 0.25) is 0 Å². The van der Waals surface area contributed by atoms with Crippen LogP contribution in [0, 0.1) is 11.3 Å². The molecule has 0 saturated heterocycles. The van der Waals surface area contributed by atoms with Gasteiger partial charge in [0.1, 0.15) is 6.07 Å². The van der Waals surface area contributed by atoms with Crippen molar-refractivity contribution < 1.29 is 9.74 Å². The van der Waals surface area contributed by atoms with Crippen LogP contribution in [0.4, 0.5) is 0 Å². The minimum absolute atomic E-state index is 0.167. The zero-order valence-electron chi connectivity index (χ0n) is 6.39. The van der Waals surface area contributed by atoms with Crippen molar-refractivity contribution in [2.75, 3.05) is 5.75 Å². The second-order valence-corrected chi connectivity index (χ2v) is 3.20. The number of hydrogen-bond acceptors (Lipinski definition) is 6. The number of aliphatic hydroxyl groups is 1. The van der Waals surface area contributed by atoms with Gasteiger partial charge >= 0.3 is 0 Å². The maximum atomic E-state index is 8.93. The lowest BCUT2D eigenvalue weighted by molar-refractivity contribution is 0.220. The molecule has 64 valence electrons. The summed E-state index contributed by atoms with van der Waals surface area (Å²) in [5.74, 6) is 0.475. The highest BCUT2D eigenvalue weighted by atomic mass is 32.2. The van der Waals surface area contributed by atoms with E-state index in [-0.39, 0.29) is 5.69 Å². The number of aliphatic hydroxyl groups excluding tert-OH is 1. The van der Waals surface area contributed by atoms with Crippen molar-refractivity contribution in [2.24, 2.45) is 0 Å². The number of rotatable bonds is 3. The Kier molecular flexibility index (Phi) is 3.08. The van der Waals surface area contributed by atoms with E-state index in [0.29, 0.717) is 10.8 Å². The first-order chi connectivity index (χ1) is 5.74. The zero-order chi connectivity index (χ0) is 8.97. The largest absolute Gasteiger partial charge is 0.393 e. The van der Waals surface area contributed by atoms with E-state index in [1.165, 1.54) is 11.8 Å². The predicted octanol–water partition coefficient (Wildman–Crippen LogP) is 0.414. The van der Waals surface area contributed by atoms with Crippen molar-refractivity contribution in [1.29, 1.82) is 5.26 Å². The fraction of sp³-hybridized carbons (Fsp3) is 0.500. The Morgan fingerprint density at radius 1 is 1.75 bits per heavy atom. The van der Waals surface area contributed by atoms with E-state index in [2.05, 4.69) is 14.9 Å². The quantitative estimate of drug-likeness (QED) is 0.687. The topological polar surface area (TPSA) is 82.9 Å². The Morgan fingerprint density at radius 2 is 2.50 bits per heavy atom. The molecule has 0 bridgehead atoms. The normalized spacial score (nSPS) is 12.4. The second kappa shape index (κ2) is 4.09. The van der Waals surface area contributed by atoms with E-state index in [4.69, 9.17) is 10.4 Å². The van der Waals surface area contributed by atoms with E-state index in [9.17, 15) is 0 Å². The summed E-state index contributed by atoms with van der Waals surface area (Å²) in [6.45, 7) is 1.66. The summed E-state index contributed by atoms with van der Waals surface area (Å²) >= 11 is 1.25. The molecule has 1 aromatic heterocycles. The van der Waals surface area contributed by atoms with Gasteiger partial charge in [0.05, 0.1) is 6.10 Å². The molecule has 0 fully saturated rings. The summed E-state index contributed by atoms with van der Waals surface area (Å²) in [6.07, 6.45) is -0.432. The van der Waals surface area contributed by atoms with Gasteiger partial charge < -0.3 is 5.11 Å². The average Bonchev–Trinajstić information content (AvgIpc) is 2.47. The van der Waals surface area contributed by atoms with Crippen LogP contribution >= 0.6 is 11.8 Å². The molecular weight excluding hydrogens is 178 g/mol. The summed E-state index contributed by atoms with van der Waals surface area (Å²) in [5.41, 5.74) is 0.167. The molecule has 0 spiro atoms. The molecular formula is C6H7N3O2S. The molecule has 1 atom stereocenters. The number of nitrogens with zero attached hydrogens (tertiary/aromatic N) is 3. The predicted molar refractivity (Wildman–Crippen MR) is 41.4 cm³/mol. The smallest absolute Gasteiger partial charge is 0.218 e. The third kappa shape index (κ3) is 2.22. The van der Waals surface area contributed by atoms with E-state index < -0.39 is 6.10 Å². The van der Waals surface area contributed by atoms with Crippen molar-refractivity contribution >= 4 is 11.8 Å². The summed E-state index contributed by atoms with van der Waals surface area (Å²) in [5, 5.41) is 24.7. The van der Waals surface area contributed by atoms with Gasteiger partial charge in [-0.2, -0.15) is 5.26 Å². The molecule has 0 amide bonds. The lowest BCUT2D eigenvalue weighted by Gasteiger charge is -1.98. The van der Waals surface area contributed by atoms with Crippen LogP contribution in [-0.4, -0.2) is 27.3 Å². The maximum Gasteiger partial charge on any atom is 0.218 e. The first-order valence-corrected chi connectivity index (χ1v) is 4.26. The second-order valence-electron chi connectivity index (χ2n) is 2.19. The zero-order valence-corrected chi connectivity index (χ0v) is 7.21. The van der Waals surface area contributed by atoms with E-state index >= 15 is 0 Å². The molecule has 12 heavy (non-hydrogen) atoms. The average molecular weight is 185 g/mol. The summed E-state index contributed by atoms with van der Waals surface area (Å²) < 4.78 is 4.34. The van der Waals surface area contributed by atoms with Crippen LogP contribution in [0.5, 0.6) is 0 Å². The number of thioether (sulfide) groups is 1. The highest BCUT2D eigenvalue weighted by molar-refractivity contribution is 7.99. The van der Waals surface area contributed by atoms with Crippen molar-refractivity contribution in [3.05, 3.63) is 5.69 Å². The first-order valence-electron chi connectivity index (χ1n) is 3.27. The minimum atomic E-state index is -0.432. The van der Waals surface area contributed by atoms with E-state index in [0.717, 1.165) is 0 Å². The molecule has 0 saturated carbocycles. The molecule has 0 aliphatic heterocycles. The van der Waals surface area contributed by atoms with Crippen molar-refractivity contribution in [3.8, 4) is 6.07 Å². The Morgan fingerprint density at radius 3 is 3.08 bits per heavy atom. The van der Waals surface area contributed by atoms with Crippen LogP contribution in [0.15, 0.2) is 9.65 Å². The molecule has 1 rings (SSSR count). The molecule has 0 aliphatic carbocycles. The third-order valence-electron chi connectivity index (χ3n) is 1.03. The van der Waals surface area contributed by atoms with Gasteiger partial charge in [0.2, 0.25) is 5.69 Å². The van der Waals surface area contributed by atoms with Gasteiger partial charge in [-0.05, 0) is 17.2 Å². The van der Waals surface area contributed by atoms with Crippen molar-refractivity contribution in [1.82, 2.24) is 10.3 Å². The van der Waals surface area contributed by atoms with Crippen molar-refractivity contribution in [3.63, 3.8) is 0 Å². The van der Waals surface area contributed by atoms with Gasteiger partial charge in [-0.3, -0.25) is 0 Å². The molecule has 5 nitrogen and oxygen atoms in total. The van der Waals surface area contributed by atoms with Crippen LogP contribution < -0.4 is 0 Å². The molecule has 1 N–H and O–H groups in total. The molecule has 0 radical (unpaired) electrons. The highest BCUT2D eigenvalue weighted by Gasteiger charge is 2.10. The summed E-state index contributed by atoms with van der Waals surface area (Å²) in [6, 6.07) is 1.83. The van der Waals surface area contributed by atoms with Gasteiger partial charge in [-0.25, -0.2) is 4.63 Å². The fourth-order valence-electron chi connectivity index (χ4n) is 0.543. The summed E-state index contributed by atoms with van der Waals surface area (Å²) in [7, 11) is 0. The van der Waals surface area contributed by atoms with Gasteiger partial charge in [0.15, 0.2) is 5.03 Å². The molecule has 0 aromatic carbocycles. The lowest BCUT2D eigenvalue weighted by atomic mass is 10.5.